The van der Waals surface area contributed by atoms with Crippen LogP contribution in [-0.4, -0.2) is 48.3 Å². The number of aliphatic hydroxyl groups is 2. The lowest BCUT2D eigenvalue weighted by atomic mass is 9.80. The Morgan fingerprint density at radius 2 is 1.64 bits per heavy atom. The molecule has 4 nitrogen and oxygen atoms in total. The highest BCUT2D eigenvalue weighted by Crippen LogP contribution is 2.34. The predicted molar refractivity (Wildman–Crippen MR) is 105 cm³/mol. The summed E-state index contributed by atoms with van der Waals surface area (Å²) in [4.78, 5) is 0. The van der Waals surface area contributed by atoms with Gasteiger partial charge in [0.15, 0.2) is 0 Å². The molecule has 0 heterocycles. The van der Waals surface area contributed by atoms with Crippen LogP contribution in [0, 0.1) is 11.8 Å². The first-order chi connectivity index (χ1) is 11.7. The van der Waals surface area contributed by atoms with E-state index in [4.69, 9.17) is 9.47 Å². The molecule has 0 spiro atoms. The molecule has 0 rings (SSSR count). The van der Waals surface area contributed by atoms with E-state index in [1.54, 1.807) is 7.11 Å². The fraction of sp³-hybridized carbons (Fsp3) is 0.905. The van der Waals surface area contributed by atoms with Crippen LogP contribution in [-0.2, 0) is 9.47 Å². The van der Waals surface area contributed by atoms with Crippen LogP contribution in [0.5, 0.6) is 0 Å². The number of unbranched alkanes of at least 4 members (excludes halogenated alkanes) is 2. The molecule has 25 heavy (non-hydrogen) atoms. The smallest absolute Gasteiger partial charge is 0.0717 e. The molecule has 0 aliphatic rings. The average molecular weight is 359 g/mol. The van der Waals surface area contributed by atoms with Crippen LogP contribution in [0.25, 0.3) is 0 Å². The maximum atomic E-state index is 10.9. The molecule has 0 aliphatic heterocycles. The van der Waals surface area contributed by atoms with Gasteiger partial charge in [-0.1, -0.05) is 53.0 Å². The van der Waals surface area contributed by atoms with E-state index in [0.29, 0.717) is 13.2 Å². The summed E-state index contributed by atoms with van der Waals surface area (Å²) in [6.45, 7) is 15.2. The highest BCUT2D eigenvalue weighted by molar-refractivity contribution is 5.06. The summed E-state index contributed by atoms with van der Waals surface area (Å²) < 4.78 is 11.7. The Kier molecular flexibility index (Phi) is 11.9. The van der Waals surface area contributed by atoms with Crippen LogP contribution in [0.3, 0.4) is 0 Å². The second kappa shape index (κ2) is 12.1. The fourth-order valence-corrected chi connectivity index (χ4v) is 3.15. The van der Waals surface area contributed by atoms with Crippen LogP contribution >= 0.6 is 0 Å². The van der Waals surface area contributed by atoms with Crippen LogP contribution in [0.15, 0.2) is 12.2 Å². The van der Waals surface area contributed by atoms with Gasteiger partial charge in [-0.25, -0.2) is 0 Å². The minimum absolute atomic E-state index is 0.0258. The van der Waals surface area contributed by atoms with E-state index in [1.165, 1.54) is 0 Å². The van der Waals surface area contributed by atoms with E-state index >= 15 is 0 Å². The molecule has 0 bridgehead atoms. The highest BCUT2D eigenvalue weighted by atomic mass is 16.5. The Balaban J connectivity index is 5.14. The quantitative estimate of drug-likeness (QED) is 0.428. The largest absolute Gasteiger partial charge is 0.392 e. The molecule has 0 saturated carbocycles. The number of ether oxygens (including phenoxy) is 2. The number of hydrogen-bond donors (Lipinski definition) is 2. The Morgan fingerprint density at radius 3 is 2.12 bits per heavy atom. The third kappa shape index (κ3) is 8.21. The van der Waals surface area contributed by atoms with Crippen molar-refractivity contribution in [1.29, 1.82) is 0 Å². The standard InChI is InChI=1S/C21H42O4/c1-8-10-12-20(5,23)19(15-24-7)16-25-21(6,13-11-9-2)18(4)17(3)14-22/h18-19,22-23H,3,8-16H2,1-2,4-7H3. The van der Waals surface area contributed by atoms with Crippen LogP contribution in [0.2, 0.25) is 0 Å². The Morgan fingerprint density at radius 1 is 1.08 bits per heavy atom. The van der Waals surface area contributed by atoms with E-state index in [2.05, 4.69) is 34.3 Å². The van der Waals surface area contributed by atoms with Gasteiger partial charge >= 0.3 is 0 Å². The summed E-state index contributed by atoms with van der Waals surface area (Å²) in [7, 11) is 1.66. The first-order valence-corrected chi connectivity index (χ1v) is 9.82. The lowest BCUT2D eigenvalue weighted by Crippen LogP contribution is -2.45. The average Bonchev–Trinajstić information content (AvgIpc) is 2.60. The molecule has 4 unspecified atom stereocenters. The minimum Gasteiger partial charge on any atom is -0.392 e. The molecule has 0 aliphatic carbocycles. The van der Waals surface area contributed by atoms with Crippen molar-refractivity contribution in [3.8, 4) is 0 Å². The summed E-state index contributed by atoms with van der Waals surface area (Å²) in [6, 6.07) is 0. The van der Waals surface area contributed by atoms with Crippen molar-refractivity contribution < 1.29 is 19.7 Å². The lowest BCUT2D eigenvalue weighted by Gasteiger charge is -2.40. The normalized spacial score (nSPS) is 19.0. The molecule has 0 amide bonds. The number of aliphatic hydroxyl groups excluding tert-OH is 1. The minimum atomic E-state index is -0.811. The Bertz CT molecular complexity index is 367. The summed E-state index contributed by atoms with van der Waals surface area (Å²) in [6.07, 6.45) is 5.83. The Labute approximate surface area is 155 Å². The first kappa shape index (κ1) is 24.6. The van der Waals surface area contributed by atoms with E-state index < -0.39 is 11.2 Å². The van der Waals surface area contributed by atoms with Crippen molar-refractivity contribution in [2.24, 2.45) is 11.8 Å². The molecule has 4 heteroatoms. The highest BCUT2D eigenvalue weighted by Gasteiger charge is 2.37. The maximum absolute atomic E-state index is 10.9. The second-order valence-corrected chi connectivity index (χ2v) is 7.88. The van der Waals surface area contributed by atoms with Crippen molar-refractivity contribution in [2.75, 3.05) is 26.9 Å². The number of rotatable bonds is 15. The third-order valence-corrected chi connectivity index (χ3v) is 5.66. The molecular weight excluding hydrogens is 316 g/mol. The van der Waals surface area contributed by atoms with Gasteiger partial charge in [-0.15, -0.1) is 0 Å². The van der Waals surface area contributed by atoms with Gasteiger partial charge in [0, 0.05) is 18.9 Å². The zero-order chi connectivity index (χ0) is 19.5. The third-order valence-electron chi connectivity index (χ3n) is 5.66. The molecule has 0 saturated heterocycles. The Hall–Kier alpha value is -0.420. The molecule has 0 aromatic heterocycles. The van der Waals surface area contributed by atoms with Gasteiger partial charge in [0.1, 0.15) is 0 Å². The summed E-state index contributed by atoms with van der Waals surface area (Å²) in [5.74, 6) is -0.0348. The van der Waals surface area contributed by atoms with Gasteiger partial charge < -0.3 is 19.7 Å². The summed E-state index contributed by atoms with van der Waals surface area (Å²) in [5.41, 5.74) is -0.419. The molecule has 0 radical (unpaired) electrons. The monoisotopic (exact) mass is 358 g/mol. The van der Waals surface area contributed by atoms with Crippen LogP contribution < -0.4 is 0 Å². The van der Waals surface area contributed by atoms with E-state index in [-0.39, 0.29) is 18.4 Å². The zero-order valence-corrected chi connectivity index (χ0v) is 17.4. The van der Waals surface area contributed by atoms with Gasteiger partial charge in [0.25, 0.3) is 0 Å². The maximum Gasteiger partial charge on any atom is 0.0717 e. The van der Waals surface area contributed by atoms with Crippen molar-refractivity contribution in [1.82, 2.24) is 0 Å². The SMILES string of the molecule is C=C(CO)C(C)C(C)(CCCC)OCC(COC)C(C)(O)CCCC. The predicted octanol–water partition coefficient (Wildman–Crippen LogP) is 4.34. The van der Waals surface area contributed by atoms with Gasteiger partial charge in [-0.2, -0.15) is 0 Å². The molecular formula is C21H42O4. The van der Waals surface area contributed by atoms with Crippen molar-refractivity contribution in [3.05, 3.63) is 12.2 Å². The van der Waals surface area contributed by atoms with Crippen LogP contribution in [0.4, 0.5) is 0 Å². The van der Waals surface area contributed by atoms with Crippen molar-refractivity contribution in [3.63, 3.8) is 0 Å². The zero-order valence-electron chi connectivity index (χ0n) is 17.4. The number of hydrogen-bond acceptors (Lipinski definition) is 4. The first-order valence-electron chi connectivity index (χ1n) is 9.82. The van der Waals surface area contributed by atoms with Crippen molar-refractivity contribution >= 4 is 0 Å². The second-order valence-electron chi connectivity index (χ2n) is 7.88. The molecule has 0 aromatic rings. The van der Waals surface area contributed by atoms with Gasteiger partial charge in [-0.3, -0.25) is 0 Å². The van der Waals surface area contributed by atoms with Crippen molar-refractivity contribution in [2.45, 2.75) is 84.3 Å². The van der Waals surface area contributed by atoms with Crippen LogP contribution in [0.1, 0.15) is 73.1 Å². The summed E-state index contributed by atoms with van der Waals surface area (Å²) in [5, 5.41) is 20.4. The van der Waals surface area contributed by atoms with E-state index in [1.807, 2.05) is 6.92 Å². The fourth-order valence-electron chi connectivity index (χ4n) is 3.15. The molecule has 2 N–H and O–H groups in total. The van der Waals surface area contributed by atoms with Gasteiger partial charge in [0.2, 0.25) is 0 Å². The number of methoxy groups -OCH3 is 1. The van der Waals surface area contributed by atoms with Gasteiger partial charge in [-0.05, 0) is 32.3 Å². The summed E-state index contributed by atoms with van der Waals surface area (Å²) >= 11 is 0. The lowest BCUT2D eigenvalue weighted by molar-refractivity contribution is -0.130. The van der Waals surface area contributed by atoms with Gasteiger partial charge in [0.05, 0.1) is 31.0 Å². The van der Waals surface area contributed by atoms with E-state index in [9.17, 15) is 10.2 Å². The van der Waals surface area contributed by atoms with E-state index in [0.717, 1.165) is 44.1 Å². The molecule has 0 aromatic carbocycles. The molecule has 150 valence electrons. The topological polar surface area (TPSA) is 58.9 Å². The molecule has 4 atom stereocenters. The molecule has 0 fully saturated rings.